The highest BCUT2D eigenvalue weighted by molar-refractivity contribution is 7.91. The molecule has 1 amide bonds. The number of rotatable bonds is 5. The van der Waals surface area contributed by atoms with Gasteiger partial charge >= 0.3 is 0 Å². The molecule has 0 spiro atoms. The van der Waals surface area contributed by atoms with Gasteiger partial charge in [-0.1, -0.05) is 40.9 Å². The van der Waals surface area contributed by atoms with E-state index in [9.17, 15) is 13.2 Å². The molecular weight excluding hydrogens is 521 g/mol. The lowest BCUT2D eigenvalue weighted by atomic mass is 9.99. The van der Waals surface area contributed by atoms with Crippen LogP contribution in [-0.2, 0) is 14.8 Å². The zero-order valence-corrected chi connectivity index (χ0v) is 20.6. The van der Waals surface area contributed by atoms with Gasteiger partial charge in [0, 0.05) is 24.0 Å². The minimum absolute atomic E-state index is 0.120. The van der Waals surface area contributed by atoms with Crippen LogP contribution < -0.4 is 5.32 Å². The summed E-state index contributed by atoms with van der Waals surface area (Å²) in [5.74, 6) is -0.713. The van der Waals surface area contributed by atoms with E-state index < -0.39 is 15.9 Å². The summed E-state index contributed by atoms with van der Waals surface area (Å²) in [5.41, 5.74) is 1.46. The van der Waals surface area contributed by atoms with Gasteiger partial charge in [-0.15, -0.1) is 22.7 Å². The standard InChI is InChI=1S/C19H16Cl3N3O3S3/c20-13-4-3-11(8-14(13)21)15-10-29-19(23-15)24-18(26)12-2-1-7-25(9-12)31(27,28)17-6-5-16(22)30-17/h3-6,8,10,12H,1-2,7,9H2,(H,23,24,26). The van der Waals surface area contributed by atoms with Crippen LogP contribution in [0.2, 0.25) is 14.4 Å². The van der Waals surface area contributed by atoms with Crippen molar-refractivity contribution in [1.82, 2.24) is 9.29 Å². The molecule has 1 aromatic carbocycles. The molecule has 164 valence electrons. The number of aromatic nitrogens is 1. The minimum atomic E-state index is -3.67. The van der Waals surface area contributed by atoms with Gasteiger partial charge in [-0.05, 0) is 37.1 Å². The van der Waals surface area contributed by atoms with Crippen LogP contribution >= 0.6 is 57.5 Å². The number of piperidine rings is 1. The summed E-state index contributed by atoms with van der Waals surface area (Å²) in [6.07, 6.45) is 1.21. The van der Waals surface area contributed by atoms with Gasteiger partial charge in [0.15, 0.2) is 5.13 Å². The van der Waals surface area contributed by atoms with Gasteiger partial charge in [-0.2, -0.15) is 4.31 Å². The Morgan fingerprint density at radius 3 is 2.68 bits per heavy atom. The van der Waals surface area contributed by atoms with Crippen molar-refractivity contribution in [2.24, 2.45) is 5.92 Å². The molecule has 3 aromatic rings. The normalized spacial score (nSPS) is 17.6. The number of benzene rings is 1. The van der Waals surface area contributed by atoms with E-state index in [1.54, 1.807) is 24.3 Å². The summed E-state index contributed by atoms with van der Waals surface area (Å²) in [7, 11) is -3.67. The van der Waals surface area contributed by atoms with Gasteiger partial charge < -0.3 is 5.32 Å². The lowest BCUT2D eigenvalue weighted by Gasteiger charge is -2.30. The predicted octanol–water partition coefficient (Wildman–Crippen LogP) is 5.87. The molecule has 1 N–H and O–H groups in total. The van der Waals surface area contributed by atoms with E-state index in [1.807, 2.05) is 5.38 Å². The van der Waals surface area contributed by atoms with Gasteiger partial charge in [-0.3, -0.25) is 4.79 Å². The summed E-state index contributed by atoms with van der Waals surface area (Å²) in [6.45, 7) is 0.495. The number of amides is 1. The van der Waals surface area contributed by atoms with Gasteiger partial charge in [0.25, 0.3) is 10.0 Å². The maximum atomic E-state index is 12.9. The second-order valence-corrected chi connectivity index (χ2v) is 12.5. The summed E-state index contributed by atoms with van der Waals surface area (Å²) in [5, 5.41) is 5.95. The van der Waals surface area contributed by atoms with Crippen LogP contribution in [0.15, 0.2) is 39.9 Å². The Morgan fingerprint density at radius 1 is 1.16 bits per heavy atom. The van der Waals surface area contributed by atoms with Crippen molar-refractivity contribution in [3.63, 3.8) is 0 Å². The highest BCUT2D eigenvalue weighted by Gasteiger charge is 2.34. The molecule has 31 heavy (non-hydrogen) atoms. The van der Waals surface area contributed by atoms with E-state index in [4.69, 9.17) is 34.8 Å². The van der Waals surface area contributed by atoms with Crippen LogP contribution in [0.5, 0.6) is 0 Å². The first-order chi connectivity index (χ1) is 14.7. The largest absolute Gasteiger partial charge is 0.302 e. The summed E-state index contributed by atoms with van der Waals surface area (Å²) in [4.78, 5) is 17.2. The van der Waals surface area contributed by atoms with E-state index >= 15 is 0 Å². The van der Waals surface area contributed by atoms with Gasteiger partial charge in [0.05, 0.1) is 26.0 Å². The Kier molecular flexibility index (Phi) is 6.93. The molecule has 1 aliphatic rings. The lowest BCUT2D eigenvalue weighted by molar-refractivity contribution is -0.120. The van der Waals surface area contributed by atoms with Crippen molar-refractivity contribution in [1.29, 1.82) is 0 Å². The Morgan fingerprint density at radius 2 is 1.97 bits per heavy atom. The molecule has 1 aliphatic heterocycles. The maximum Gasteiger partial charge on any atom is 0.252 e. The SMILES string of the molecule is O=C(Nc1nc(-c2ccc(Cl)c(Cl)c2)cs1)C1CCCN(S(=O)(=O)c2ccc(Cl)s2)C1. The lowest BCUT2D eigenvalue weighted by Crippen LogP contribution is -2.43. The number of nitrogens with zero attached hydrogens (tertiary/aromatic N) is 2. The van der Waals surface area contributed by atoms with Crippen LogP contribution in [0, 0.1) is 5.92 Å². The van der Waals surface area contributed by atoms with Crippen LogP contribution in [0.3, 0.4) is 0 Å². The fourth-order valence-electron chi connectivity index (χ4n) is 3.26. The summed E-state index contributed by atoms with van der Waals surface area (Å²) in [6, 6.07) is 8.25. The average molecular weight is 537 g/mol. The third-order valence-electron chi connectivity index (χ3n) is 4.85. The van der Waals surface area contributed by atoms with Gasteiger partial charge in [-0.25, -0.2) is 13.4 Å². The molecule has 1 saturated heterocycles. The molecule has 3 heterocycles. The van der Waals surface area contributed by atoms with Crippen molar-refractivity contribution < 1.29 is 13.2 Å². The first-order valence-electron chi connectivity index (χ1n) is 9.21. The first-order valence-corrected chi connectivity index (χ1v) is 13.5. The van der Waals surface area contributed by atoms with Gasteiger partial charge in [0.2, 0.25) is 5.91 Å². The molecule has 0 radical (unpaired) electrons. The Hall–Kier alpha value is -1.20. The molecule has 1 fully saturated rings. The number of halogens is 3. The second kappa shape index (κ2) is 9.35. The number of nitrogens with one attached hydrogen (secondary N) is 1. The minimum Gasteiger partial charge on any atom is -0.302 e. The number of carbonyl (C=O) groups excluding carboxylic acids is 1. The molecule has 0 bridgehead atoms. The van der Waals surface area contributed by atoms with E-state index in [2.05, 4.69) is 10.3 Å². The quantitative estimate of drug-likeness (QED) is 0.442. The highest BCUT2D eigenvalue weighted by Crippen LogP contribution is 2.32. The predicted molar refractivity (Wildman–Crippen MR) is 127 cm³/mol. The Bertz CT molecular complexity index is 1230. The van der Waals surface area contributed by atoms with Crippen molar-refractivity contribution in [3.05, 3.63) is 50.1 Å². The van der Waals surface area contributed by atoms with Crippen LogP contribution in [0.4, 0.5) is 5.13 Å². The van der Waals surface area contributed by atoms with E-state index in [-0.39, 0.29) is 16.7 Å². The number of anilines is 1. The first kappa shape index (κ1) is 23.0. The molecule has 6 nitrogen and oxygen atoms in total. The van der Waals surface area contributed by atoms with E-state index in [1.165, 1.54) is 21.7 Å². The topological polar surface area (TPSA) is 79.4 Å². The molecule has 0 aliphatic carbocycles. The van der Waals surface area contributed by atoms with Crippen LogP contribution in [0.1, 0.15) is 12.8 Å². The van der Waals surface area contributed by atoms with Crippen molar-refractivity contribution in [2.45, 2.75) is 17.1 Å². The second-order valence-electron chi connectivity index (χ2n) is 6.92. The molecule has 1 unspecified atom stereocenters. The monoisotopic (exact) mass is 535 g/mol. The summed E-state index contributed by atoms with van der Waals surface area (Å²) >= 11 is 20.2. The van der Waals surface area contributed by atoms with Crippen molar-refractivity contribution >= 4 is 78.5 Å². The smallest absolute Gasteiger partial charge is 0.252 e. The molecule has 1 atom stereocenters. The van der Waals surface area contributed by atoms with Crippen molar-refractivity contribution in [2.75, 3.05) is 18.4 Å². The van der Waals surface area contributed by atoms with E-state index in [0.29, 0.717) is 44.6 Å². The molecular formula is C19H16Cl3N3O3S3. The van der Waals surface area contributed by atoms with Crippen LogP contribution in [-0.4, -0.2) is 36.7 Å². The summed E-state index contributed by atoms with van der Waals surface area (Å²) < 4.78 is 27.7. The Labute approximate surface area is 202 Å². The number of thiazole rings is 1. The number of carbonyl (C=O) groups is 1. The zero-order chi connectivity index (χ0) is 22.2. The third kappa shape index (κ3) is 5.08. The number of hydrogen-bond donors (Lipinski definition) is 1. The highest BCUT2D eigenvalue weighted by atomic mass is 35.5. The molecule has 12 heteroatoms. The van der Waals surface area contributed by atoms with Crippen molar-refractivity contribution in [3.8, 4) is 11.3 Å². The van der Waals surface area contributed by atoms with E-state index in [0.717, 1.165) is 16.9 Å². The number of hydrogen-bond acceptors (Lipinski definition) is 6. The fraction of sp³-hybridized carbons (Fsp3) is 0.263. The van der Waals surface area contributed by atoms with Gasteiger partial charge in [0.1, 0.15) is 4.21 Å². The Balaban J connectivity index is 1.44. The van der Waals surface area contributed by atoms with Crippen LogP contribution in [0.25, 0.3) is 11.3 Å². The zero-order valence-electron chi connectivity index (χ0n) is 15.8. The number of thiophene rings is 1. The average Bonchev–Trinajstić information content (AvgIpc) is 3.39. The third-order valence-corrected chi connectivity index (χ3v) is 9.91. The molecule has 4 rings (SSSR count). The molecule has 0 saturated carbocycles. The number of sulfonamides is 1. The molecule has 2 aromatic heterocycles. The maximum absolute atomic E-state index is 12.9. The fourth-order valence-corrected chi connectivity index (χ4v) is 7.45.